The van der Waals surface area contributed by atoms with Crippen LogP contribution in [0.3, 0.4) is 0 Å². The summed E-state index contributed by atoms with van der Waals surface area (Å²) in [5, 5.41) is 22.8. The maximum atomic E-state index is 12.5. The van der Waals surface area contributed by atoms with Crippen molar-refractivity contribution in [2.45, 2.75) is 12.7 Å². The normalized spacial score (nSPS) is 11.6. The minimum absolute atomic E-state index is 0.138. The van der Waals surface area contributed by atoms with Gasteiger partial charge in [0.2, 0.25) is 5.82 Å². The van der Waals surface area contributed by atoms with Crippen LogP contribution in [0.4, 0.5) is 13.2 Å². The number of carboxylic acids is 1. The summed E-state index contributed by atoms with van der Waals surface area (Å²) >= 11 is 0. The zero-order valence-corrected chi connectivity index (χ0v) is 11.6. The first-order valence-electron chi connectivity index (χ1n) is 6.34. The predicted molar refractivity (Wildman–Crippen MR) is 69.2 cm³/mol. The van der Waals surface area contributed by atoms with Crippen LogP contribution >= 0.6 is 0 Å². The van der Waals surface area contributed by atoms with Gasteiger partial charge in [-0.05, 0) is 16.5 Å². The van der Waals surface area contributed by atoms with Gasteiger partial charge in [-0.2, -0.15) is 18.2 Å². The topological polar surface area (TPSA) is 120 Å². The molecule has 1 aromatic carbocycles. The van der Waals surface area contributed by atoms with Crippen LogP contribution in [0.1, 0.15) is 5.89 Å². The monoisotopic (exact) mass is 340 g/mol. The van der Waals surface area contributed by atoms with Gasteiger partial charge in [-0.25, -0.2) is 4.68 Å². The third-order valence-electron chi connectivity index (χ3n) is 2.86. The van der Waals surface area contributed by atoms with E-state index in [9.17, 15) is 18.0 Å². The Hall–Kier alpha value is -3.31. The molecule has 0 saturated carbocycles. The van der Waals surface area contributed by atoms with Crippen LogP contribution in [-0.4, -0.2) is 41.4 Å². The van der Waals surface area contributed by atoms with Gasteiger partial charge >= 0.3 is 18.0 Å². The van der Waals surface area contributed by atoms with Crippen LogP contribution in [0.25, 0.3) is 22.8 Å². The average molecular weight is 340 g/mol. The van der Waals surface area contributed by atoms with Crippen LogP contribution in [0, 0.1) is 0 Å². The number of tetrazole rings is 1. The molecular weight excluding hydrogens is 333 g/mol. The van der Waals surface area contributed by atoms with Gasteiger partial charge < -0.3 is 9.63 Å². The smallest absolute Gasteiger partial charge is 0.471 e. The quantitative estimate of drug-likeness (QED) is 0.758. The maximum Gasteiger partial charge on any atom is 0.471 e. The van der Waals surface area contributed by atoms with Crippen molar-refractivity contribution in [3.05, 3.63) is 30.2 Å². The van der Waals surface area contributed by atoms with Crippen molar-refractivity contribution in [3.63, 3.8) is 0 Å². The number of hydrogen-bond acceptors (Lipinski definition) is 7. The zero-order chi connectivity index (χ0) is 17.3. The van der Waals surface area contributed by atoms with Crippen molar-refractivity contribution >= 4 is 5.97 Å². The van der Waals surface area contributed by atoms with E-state index in [1.807, 2.05) is 0 Å². The Morgan fingerprint density at radius 1 is 1.29 bits per heavy atom. The Morgan fingerprint density at radius 2 is 2.04 bits per heavy atom. The van der Waals surface area contributed by atoms with Crippen LogP contribution < -0.4 is 0 Å². The third kappa shape index (κ3) is 3.06. The number of hydrogen-bond donors (Lipinski definition) is 1. The van der Waals surface area contributed by atoms with Crippen molar-refractivity contribution in [1.82, 2.24) is 30.3 Å². The molecule has 2 aromatic heterocycles. The van der Waals surface area contributed by atoms with E-state index in [1.165, 1.54) is 18.2 Å². The van der Waals surface area contributed by atoms with E-state index in [0.29, 0.717) is 5.56 Å². The highest BCUT2D eigenvalue weighted by atomic mass is 19.4. The number of benzene rings is 1. The summed E-state index contributed by atoms with van der Waals surface area (Å²) in [5.74, 6) is -2.73. The lowest BCUT2D eigenvalue weighted by Gasteiger charge is -2.03. The van der Waals surface area contributed by atoms with Crippen molar-refractivity contribution < 1.29 is 27.6 Å². The molecule has 0 bridgehead atoms. The Kier molecular flexibility index (Phi) is 3.71. The fraction of sp³-hybridized carbons (Fsp3) is 0.167. The maximum absolute atomic E-state index is 12.5. The van der Waals surface area contributed by atoms with Gasteiger partial charge in [0.15, 0.2) is 5.82 Å². The van der Waals surface area contributed by atoms with E-state index in [0.717, 1.165) is 4.68 Å². The highest BCUT2D eigenvalue weighted by molar-refractivity contribution is 5.69. The second kappa shape index (κ2) is 5.72. The van der Waals surface area contributed by atoms with E-state index >= 15 is 0 Å². The number of nitrogens with zero attached hydrogens (tertiary/aromatic N) is 6. The minimum Gasteiger partial charge on any atom is -0.480 e. The Bertz CT molecular complexity index is 888. The summed E-state index contributed by atoms with van der Waals surface area (Å²) in [6, 6.07) is 5.99. The van der Waals surface area contributed by atoms with E-state index in [4.69, 9.17) is 5.11 Å². The molecule has 0 atom stereocenters. The summed E-state index contributed by atoms with van der Waals surface area (Å²) in [4.78, 5) is 14.1. The molecule has 12 heteroatoms. The molecule has 0 fully saturated rings. The molecule has 0 unspecified atom stereocenters. The van der Waals surface area contributed by atoms with Gasteiger partial charge in [0, 0.05) is 11.1 Å². The summed E-state index contributed by atoms with van der Waals surface area (Å²) in [5.41, 5.74) is 0.619. The molecule has 24 heavy (non-hydrogen) atoms. The van der Waals surface area contributed by atoms with E-state index < -0.39 is 24.6 Å². The molecule has 2 heterocycles. The lowest BCUT2D eigenvalue weighted by Crippen LogP contribution is -2.11. The van der Waals surface area contributed by atoms with Crippen molar-refractivity contribution in [2.24, 2.45) is 0 Å². The first kappa shape index (κ1) is 15.6. The number of carboxylic acid groups (broad SMARTS) is 1. The molecule has 3 rings (SSSR count). The van der Waals surface area contributed by atoms with Gasteiger partial charge in [-0.15, -0.1) is 5.10 Å². The molecule has 9 nitrogen and oxygen atoms in total. The van der Waals surface area contributed by atoms with Crippen molar-refractivity contribution in [1.29, 1.82) is 0 Å². The number of aromatic nitrogens is 6. The van der Waals surface area contributed by atoms with Crippen LogP contribution in [0.5, 0.6) is 0 Å². The molecule has 3 aromatic rings. The second-order valence-corrected chi connectivity index (χ2v) is 4.56. The second-order valence-electron chi connectivity index (χ2n) is 4.56. The molecule has 0 aliphatic carbocycles. The minimum atomic E-state index is -4.74. The molecule has 0 spiro atoms. The molecule has 1 N–H and O–H groups in total. The Labute approximate surface area is 130 Å². The van der Waals surface area contributed by atoms with Crippen molar-refractivity contribution in [2.75, 3.05) is 0 Å². The van der Waals surface area contributed by atoms with E-state index in [-0.39, 0.29) is 17.2 Å². The Balaban J connectivity index is 1.97. The SMILES string of the molecule is O=C(O)Cn1nnnc1-c1cccc(-c2noc(C(F)(F)F)n2)c1. The van der Waals surface area contributed by atoms with Gasteiger partial charge in [-0.1, -0.05) is 23.4 Å². The van der Waals surface area contributed by atoms with Gasteiger partial charge in [0.25, 0.3) is 0 Å². The standard InChI is InChI=1S/C12H7F3N6O3/c13-12(14,15)11-16-9(18-24-11)6-2-1-3-7(4-6)10-17-19-20-21(10)5-8(22)23/h1-4H,5H2,(H,22,23). The summed E-state index contributed by atoms with van der Waals surface area (Å²) < 4.78 is 42.8. The summed E-state index contributed by atoms with van der Waals surface area (Å²) in [6.07, 6.45) is -4.74. The number of halogens is 3. The van der Waals surface area contributed by atoms with E-state index in [2.05, 4.69) is 30.2 Å². The average Bonchev–Trinajstić information content (AvgIpc) is 3.15. The fourth-order valence-electron chi connectivity index (χ4n) is 1.90. The molecule has 0 amide bonds. The highest BCUT2D eigenvalue weighted by Gasteiger charge is 2.38. The number of alkyl halides is 3. The molecule has 0 saturated heterocycles. The number of aliphatic carboxylic acids is 1. The molecule has 0 radical (unpaired) electrons. The van der Waals surface area contributed by atoms with Gasteiger partial charge in [-0.3, -0.25) is 4.79 Å². The van der Waals surface area contributed by atoms with Crippen LogP contribution in [0.15, 0.2) is 28.8 Å². The predicted octanol–water partition coefficient (Wildman–Crippen LogP) is 1.49. The fourth-order valence-corrected chi connectivity index (χ4v) is 1.90. The van der Waals surface area contributed by atoms with Crippen LogP contribution in [0.2, 0.25) is 0 Å². The third-order valence-corrected chi connectivity index (χ3v) is 2.86. The summed E-state index contributed by atoms with van der Waals surface area (Å²) in [7, 11) is 0. The van der Waals surface area contributed by atoms with Gasteiger partial charge in [0.1, 0.15) is 6.54 Å². The number of carbonyl (C=O) groups is 1. The summed E-state index contributed by atoms with van der Waals surface area (Å²) in [6.45, 7) is -0.465. The first-order chi connectivity index (χ1) is 11.3. The van der Waals surface area contributed by atoms with Gasteiger partial charge in [0.05, 0.1) is 0 Å². The van der Waals surface area contributed by atoms with Crippen molar-refractivity contribution in [3.8, 4) is 22.8 Å². The Morgan fingerprint density at radius 3 is 2.71 bits per heavy atom. The zero-order valence-electron chi connectivity index (χ0n) is 11.6. The van der Waals surface area contributed by atoms with E-state index in [1.54, 1.807) is 6.07 Å². The first-order valence-corrected chi connectivity index (χ1v) is 6.34. The largest absolute Gasteiger partial charge is 0.480 e. The molecule has 0 aliphatic heterocycles. The lowest BCUT2D eigenvalue weighted by atomic mass is 10.1. The highest BCUT2D eigenvalue weighted by Crippen LogP contribution is 2.30. The molecular formula is C12H7F3N6O3. The lowest BCUT2D eigenvalue weighted by molar-refractivity contribution is -0.159. The molecule has 0 aliphatic rings. The molecule has 124 valence electrons. The van der Waals surface area contributed by atoms with Crippen LogP contribution in [-0.2, 0) is 17.5 Å². The number of rotatable bonds is 4.